The van der Waals surface area contributed by atoms with Gasteiger partial charge in [0.05, 0.1) is 5.60 Å². The highest BCUT2D eigenvalue weighted by Crippen LogP contribution is 2.23. The van der Waals surface area contributed by atoms with Gasteiger partial charge in [0.1, 0.15) is 0 Å². The Morgan fingerprint density at radius 3 is 2.65 bits per heavy atom. The molecule has 0 saturated carbocycles. The number of benzene rings is 1. The molecule has 1 fully saturated rings. The van der Waals surface area contributed by atoms with Gasteiger partial charge in [-0.15, -0.1) is 0 Å². The minimum Gasteiger partial charge on any atom is -0.373 e. The van der Waals surface area contributed by atoms with E-state index in [9.17, 15) is 0 Å². The molecule has 1 saturated heterocycles. The van der Waals surface area contributed by atoms with Crippen molar-refractivity contribution in [3.8, 4) is 0 Å². The van der Waals surface area contributed by atoms with Gasteiger partial charge in [-0.25, -0.2) is 0 Å². The van der Waals surface area contributed by atoms with Crippen LogP contribution in [0.2, 0.25) is 0 Å². The zero-order valence-electron chi connectivity index (χ0n) is 12.7. The van der Waals surface area contributed by atoms with Crippen LogP contribution in [0.3, 0.4) is 0 Å². The van der Waals surface area contributed by atoms with Gasteiger partial charge in [-0.2, -0.15) is 0 Å². The van der Waals surface area contributed by atoms with Crippen molar-refractivity contribution < 1.29 is 4.74 Å². The number of ether oxygens (including phenoxy) is 1. The molecule has 0 spiro atoms. The smallest absolute Gasteiger partial charge is 0.191 e. The summed E-state index contributed by atoms with van der Waals surface area (Å²) in [5.74, 6) is 0.822. The second kappa shape index (κ2) is 6.75. The van der Waals surface area contributed by atoms with Gasteiger partial charge < -0.3 is 15.4 Å². The first-order valence-electron chi connectivity index (χ1n) is 7.25. The first kappa shape index (κ1) is 14.9. The maximum Gasteiger partial charge on any atom is 0.191 e. The minimum absolute atomic E-state index is 0.0541. The molecule has 1 aromatic rings. The average Bonchev–Trinajstić information content (AvgIpc) is 2.88. The Morgan fingerprint density at radius 2 is 2.05 bits per heavy atom. The van der Waals surface area contributed by atoms with Gasteiger partial charge >= 0.3 is 0 Å². The summed E-state index contributed by atoms with van der Waals surface area (Å²) in [7, 11) is 1.79. The fraction of sp³-hybridized carbons (Fsp3) is 0.562. The first-order chi connectivity index (χ1) is 9.61. The third-order valence-electron chi connectivity index (χ3n) is 3.73. The van der Waals surface area contributed by atoms with Crippen LogP contribution in [-0.2, 0) is 11.3 Å². The summed E-state index contributed by atoms with van der Waals surface area (Å²) in [4.78, 5) is 4.25. The molecule has 1 aliphatic rings. The Kier molecular flexibility index (Phi) is 5.01. The molecule has 20 heavy (non-hydrogen) atoms. The molecule has 0 aromatic heterocycles. The van der Waals surface area contributed by atoms with Crippen LogP contribution in [0.1, 0.15) is 30.9 Å². The lowest BCUT2D eigenvalue weighted by Gasteiger charge is -2.24. The Hall–Kier alpha value is -1.55. The van der Waals surface area contributed by atoms with E-state index in [1.54, 1.807) is 7.05 Å². The van der Waals surface area contributed by atoms with E-state index in [0.29, 0.717) is 0 Å². The summed E-state index contributed by atoms with van der Waals surface area (Å²) in [6.07, 6.45) is 2.25. The molecule has 2 N–H and O–H groups in total. The van der Waals surface area contributed by atoms with Crippen molar-refractivity contribution >= 4 is 5.96 Å². The van der Waals surface area contributed by atoms with Crippen LogP contribution < -0.4 is 10.6 Å². The number of nitrogens with one attached hydrogen (secondary N) is 2. The molecule has 1 heterocycles. The predicted molar refractivity (Wildman–Crippen MR) is 83.0 cm³/mol. The van der Waals surface area contributed by atoms with Crippen LogP contribution >= 0.6 is 0 Å². The maximum atomic E-state index is 5.77. The van der Waals surface area contributed by atoms with Crippen LogP contribution in [0.4, 0.5) is 0 Å². The van der Waals surface area contributed by atoms with E-state index < -0.39 is 0 Å². The van der Waals surface area contributed by atoms with E-state index in [-0.39, 0.29) is 5.60 Å². The topological polar surface area (TPSA) is 45.7 Å². The molecular formula is C16H25N3O. The van der Waals surface area contributed by atoms with E-state index in [4.69, 9.17) is 4.74 Å². The van der Waals surface area contributed by atoms with Gasteiger partial charge in [0.15, 0.2) is 5.96 Å². The summed E-state index contributed by atoms with van der Waals surface area (Å²) in [5.41, 5.74) is 2.48. The lowest BCUT2D eigenvalue weighted by Crippen LogP contribution is -2.45. The summed E-state index contributed by atoms with van der Waals surface area (Å²) >= 11 is 0. The number of hydrogen-bond donors (Lipinski definition) is 2. The molecular weight excluding hydrogens is 250 g/mol. The van der Waals surface area contributed by atoms with Crippen LogP contribution in [0.25, 0.3) is 0 Å². The Bertz CT molecular complexity index is 447. The normalized spacial score (nSPS) is 22.9. The predicted octanol–water partition coefficient (Wildman–Crippen LogP) is 2.23. The largest absolute Gasteiger partial charge is 0.373 e. The van der Waals surface area contributed by atoms with Crippen LogP contribution in [0.15, 0.2) is 29.3 Å². The number of nitrogens with zero attached hydrogens (tertiary/aromatic N) is 1. The maximum absolute atomic E-state index is 5.77. The van der Waals surface area contributed by atoms with Gasteiger partial charge in [0.2, 0.25) is 0 Å². The average molecular weight is 275 g/mol. The second-order valence-corrected chi connectivity index (χ2v) is 5.67. The lowest BCUT2D eigenvalue weighted by atomic mass is 10.0. The van der Waals surface area contributed by atoms with Crippen molar-refractivity contribution in [2.75, 3.05) is 20.2 Å². The number of rotatable bonds is 4. The van der Waals surface area contributed by atoms with Crippen LogP contribution in [-0.4, -0.2) is 31.8 Å². The van der Waals surface area contributed by atoms with Gasteiger partial charge in [-0.05, 0) is 32.3 Å². The number of guanidine groups is 1. The standard InChI is InChI=1S/C16H25N3O/c1-13-5-7-14(8-6-13)11-18-15(17-3)19-12-16(2)9-4-10-20-16/h5-8H,4,9-12H2,1-3H3,(H2,17,18,19). The Balaban J connectivity index is 1.79. The van der Waals surface area contributed by atoms with Crippen molar-refractivity contribution in [1.82, 2.24) is 10.6 Å². The molecule has 0 aliphatic carbocycles. The quantitative estimate of drug-likeness (QED) is 0.654. The van der Waals surface area contributed by atoms with E-state index in [2.05, 4.69) is 53.7 Å². The van der Waals surface area contributed by atoms with Crippen molar-refractivity contribution in [3.05, 3.63) is 35.4 Å². The molecule has 1 unspecified atom stereocenters. The third kappa shape index (κ3) is 4.23. The molecule has 2 rings (SSSR count). The molecule has 110 valence electrons. The fourth-order valence-electron chi connectivity index (χ4n) is 2.36. The van der Waals surface area contributed by atoms with Gasteiger partial charge in [-0.1, -0.05) is 29.8 Å². The molecule has 1 aliphatic heterocycles. The monoisotopic (exact) mass is 275 g/mol. The van der Waals surface area contributed by atoms with E-state index in [0.717, 1.165) is 38.5 Å². The zero-order chi connectivity index (χ0) is 14.4. The summed E-state index contributed by atoms with van der Waals surface area (Å²) in [6, 6.07) is 8.52. The highest BCUT2D eigenvalue weighted by molar-refractivity contribution is 5.79. The van der Waals surface area contributed by atoms with Crippen LogP contribution in [0, 0.1) is 6.92 Å². The summed E-state index contributed by atoms with van der Waals surface area (Å²) < 4.78 is 5.77. The Morgan fingerprint density at radius 1 is 1.30 bits per heavy atom. The third-order valence-corrected chi connectivity index (χ3v) is 3.73. The number of hydrogen-bond acceptors (Lipinski definition) is 2. The molecule has 4 heteroatoms. The molecule has 0 amide bonds. The molecule has 1 atom stereocenters. The fourth-order valence-corrected chi connectivity index (χ4v) is 2.36. The van der Waals surface area contributed by atoms with Crippen LogP contribution in [0.5, 0.6) is 0 Å². The highest BCUT2D eigenvalue weighted by atomic mass is 16.5. The first-order valence-corrected chi connectivity index (χ1v) is 7.25. The lowest BCUT2D eigenvalue weighted by molar-refractivity contribution is 0.0243. The van der Waals surface area contributed by atoms with E-state index >= 15 is 0 Å². The van der Waals surface area contributed by atoms with Crippen molar-refractivity contribution in [2.24, 2.45) is 4.99 Å². The Labute approximate surface area is 121 Å². The molecule has 1 aromatic carbocycles. The summed E-state index contributed by atoms with van der Waals surface area (Å²) in [6.45, 7) is 6.69. The van der Waals surface area contributed by atoms with Gasteiger partial charge in [0.25, 0.3) is 0 Å². The number of aryl methyl sites for hydroxylation is 1. The molecule has 0 radical (unpaired) electrons. The van der Waals surface area contributed by atoms with E-state index in [1.165, 1.54) is 11.1 Å². The van der Waals surface area contributed by atoms with Gasteiger partial charge in [-0.3, -0.25) is 4.99 Å². The zero-order valence-corrected chi connectivity index (χ0v) is 12.7. The van der Waals surface area contributed by atoms with Crippen molar-refractivity contribution in [3.63, 3.8) is 0 Å². The molecule has 4 nitrogen and oxygen atoms in total. The van der Waals surface area contributed by atoms with Gasteiger partial charge in [0, 0.05) is 26.7 Å². The number of aliphatic imine (C=N–C) groups is 1. The second-order valence-electron chi connectivity index (χ2n) is 5.67. The van der Waals surface area contributed by atoms with E-state index in [1.807, 2.05) is 0 Å². The summed E-state index contributed by atoms with van der Waals surface area (Å²) in [5, 5.41) is 6.68. The SMILES string of the molecule is CN=C(NCc1ccc(C)cc1)NCC1(C)CCCO1. The van der Waals surface area contributed by atoms with Crippen molar-refractivity contribution in [2.45, 2.75) is 38.8 Å². The molecule has 0 bridgehead atoms. The highest BCUT2D eigenvalue weighted by Gasteiger charge is 2.29. The van der Waals surface area contributed by atoms with Crippen molar-refractivity contribution in [1.29, 1.82) is 0 Å². The minimum atomic E-state index is -0.0541.